The highest BCUT2D eigenvalue weighted by molar-refractivity contribution is 5.85. The monoisotopic (exact) mass is 395 g/mol. The van der Waals surface area contributed by atoms with Crippen LogP contribution < -0.4 is 5.73 Å². The van der Waals surface area contributed by atoms with E-state index in [9.17, 15) is 0 Å². The van der Waals surface area contributed by atoms with Gasteiger partial charge in [-0.3, -0.25) is 9.88 Å². The molecule has 0 saturated heterocycles. The summed E-state index contributed by atoms with van der Waals surface area (Å²) in [6.45, 7) is 3.21. The van der Waals surface area contributed by atoms with Crippen molar-refractivity contribution < 1.29 is 0 Å². The van der Waals surface area contributed by atoms with Crippen LogP contribution in [0, 0.1) is 5.92 Å². The fraction of sp³-hybridized carbons (Fsp3) is 0.476. The van der Waals surface area contributed by atoms with Gasteiger partial charge >= 0.3 is 0 Å². The largest absolute Gasteiger partial charge is 0.328 e. The molecule has 2 N–H and O–H groups in total. The minimum atomic E-state index is 0. The third-order valence-electron chi connectivity index (χ3n) is 5.03. The van der Waals surface area contributed by atoms with Gasteiger partial charge in [0.25, 0.3) is 0 Å². The lowest BCUT2D eigenvalue weighted by Gasteiger charge is -2.32. The van der Waals surface area contributed by atoms with E-state index < -0.39 is 0 Å². The van der Waals surface area contributed by atoms with E-state index in [0.29, 0.717) is 6.04 Å². The Kier molecular flexibility index (Phi) is 10.8. The quantitative estimate of drug-likeness (QED) is 0.750. The van der Waals surface area contributed by atoms with E-state index in [4.69, 9.17) is 5.73 Å². The predicted octanol–water partition coefficient (Wildman–Crippen LogP) is 4.49. The normalized spacial score (nSPS) is 19.5. The molecule has 5 heteroatoms. The molecule has 2 atom stereocenters. The molecule has 0 unspecified atom stereocenters. The van der Waals surface area contributed by atoms with Crippen LogP contribution in [0.25, 0.3) is 0 Å². The first-order chi connectivity index (χ1) is 11.8. The smallest absolute Gasteiger partial charge is 0.0312 e. The van der Waals surface area contributed by atoms with Gasteiger partial charge in [0.15, 0.2) is 0 Å². The average molecular weight is 396 g/mol. The number of nitrogens with two attached hydrogens (primary N) is 1. The van der Waals surface area contributed by atoms with Crippen molar-refractivity contribution in [2.24, 2.45) is 11.7 Å². The molecule has 1 aliphatic carbocycles. The first kappa shape index (κ1) is 22.9. The highest BCUT2D eigenvalue weighted by Gasteiger charge is 2.21. The zero-order valence-corrected chi connectivity index (χ0v) is 16.9. The molecule has 1 aromatic heterocycles. The molecule has 1 saturated carbocycles. The van der Waals surface area contributed by atoms with Crippen molar-refractivity contribution in [2.75, 3.05) is 13.1 Å². The van der Waals surface area contributed by atoms with E-state index in [-0.39, 0.29) is 24.8 Å². The van der Waals surface area contributed by atoms with Gasteiger partial charge < -0.3 is 5.73 Å². The molecule has 1 aromatic carbocycles. The van der Waals surface area contributed by atoms with Gasteiger partial charge in [-0.05, 0) is 48.8 Å². The second-order valence-corrected chi connectivity index (χ2v) is 7.12. The standard InChI is InChI=1S/C21H29N3.2ClH/c22-21-10-4-8-19(14-21)16-24(17-20-9-5-12-23-15-20)13-11-18-6-2-1-3-7-18;;/h1-3,5-7,9,12,15,19,21H,4,8,10-11,13-14,16-17,22H2;2*1H/t19-,21+;;/m1../s1. The van der Waals surface area contributed by atoms with E-state index >= 15 is 0 Å². The van der Waals surface area contributed by atoms with Crippen LogP contribution in [0.1, 0.15) is 36.8 Å². The van der Waals surface area contributed by atoms with Crippen LogP contribution in [0.3, 0.4) is 0 Å². The number of hydrogen-bond donors (Lipinski definition) is 1. The lowest BCUT2D eigenvalue weighted by atomic mass is 9.85. The molecule has 0 spiro atoms. The maximum absolute atomic E-state index is 6.19. The first-order valence-electron chi connectivity index (χ1n) is 9.20. The molecule has 1 heterocycles. The van der Waals surface area contributed by atoms with Crippen LogP contribution in [0.15, 0.2) is 54.9 Å². The van der Waals surface area contributed by atoms with Crippen LogP contribution in [0.2, 0.25) is 0 Å². The van der Waals surface area contributed by atoms with Gasteiger partial charge in [0.2, 0.25) is 0 Å². The van der Waals surface area contributed by atoms with Crippen molar-refractivity contribution in [1.29, 1.82) is 0 Å². The molecular formula is C21H31Cl2N3. The lowest BCUT2D eigenvalue weighted by Crippen LogP contribution is -2.36. The molecule has 0 amide bonds. The minimum Gasteiger partial charge on any atom is -0.328 e. The predicted molar refractivity (Wildman–Crippen MR) is 114 cm³/mol. The van der Waals surface area contributed by atoms with E-state index in [2.05, 4.69) is 46.3 Å². The minimum absolute atomic E-state index is 0. The number of pyridine rings is 1. The second-order valence-electron chi connectivity index (χ2n) is 7.12. The summed E-state index contributed by atoms with van der Waals surface area (Å²) in [6.07, 6.45) is 9.91. The molecule has 2 aromatic rings. The Labute approximate surface area is 170 Å². The number of benzene rings is 1. The van der Waals surface area contributed by atoms with Crippen molar-refractivity contribution in [1.82, 2.24) is 9.88 Å². The van der Waals surface area contributed by atoms with Gasteiger partial charge in [-0.2, -0.15) is 0 Å². The summed E-state index contributed by atoms with van der Waals surface area (Å²) in [5.41, 5.74) is 8.90. The Morgan fingerprint density at radius 1 is 1.00 bits per heavy atom. The summed E-state index contributed by atoms with van der Waals surface area (Å²) in [5, 5.41) is 0. The molecule has 1 fully saturated rings. The summed E-state index contributed by atoms with van der Waals surface area (Å²) in [4.78, 5) is 6.86. The highest BCUT2D eigenvalue weighted by Crippen LogP contribution is 2.24. The van der Waals surface area contributed by atoms with Gasteiger partial charge in [-0.15, -0.1) is 24.8 Å². The topological polar surface area (TPSA) is 42.1 Å². The third-order valence-corrected chi connectivity index (χ3v) is 5.03. The second kappa shape index (κ2) is 12.3. The number of nitrogens with zero attached hydrogens (tertiary/aromatic N) is 2. The molecular weight excluding hydrogens is 365 g/mol. The third kappa shape index (κ3) is 7.63. The maximum atomic E-state index is 6.19. The Hall–Kier alpha value is -1.13. The zero-order chi connectivity index (χ0) is 16.6. The summed E-state index contributed by atoms with van der Waals surface area (Å²) in [7, 11) is 0. The average Bonchev–Trinajstić information content (AvgIpc) is 2.61. The molecule has 26 heavy (non-hydrogen) atoms. The summed E-state index contributed by atoms with van der Waals surface area (Å²) >= 11 is 0. The summed E-state index contributed by atoms with van der Waals surface area (Å²) in [6, 6.07) is 15.4. The van der Waals surface area contributed by atoms with Crippen molar-refractivity contribution >= 4 is 24.8 Å². The van der Waals surface area contributed by atoms with Crippen molar-refractivity contribution in [3.63, 3.8) is 0 Å². The highest BCUT2D eigenvalue weighted by atomic mass is 35.5. The zero-order valence-electron chi connectivity index (χ0n) is 15.3. The van der Waals surface area contributed by atoms with E-state index in [1.54, 1.807) is 0 Å². The number of aromatic nitrogens is 1. The first-order valence-corrected chi connectivity index (χ1v) is 9.20. The van der Waals surface area contributed by atoms with Gasteiger partial charge in [-0.1, -0.05) is 42.8 Å². The van der Waals surface area contributed by atoms with Crippen LogP contribution in [0.4, 0.5) is 0 Å². The number of rotatable bonds is 7. The van der Waals surface area contributed by atoms with Gasteiger partial charge in [0.1, 0.15) is 0 Å². The molecule has 0 bridgehead atoms. The van der Waals surface area contributed by atoms with E-state index in [1.165, 1.54) is 36.8 Å². The molecule has 1 aliphatic rings. The summed E-state index contributed by atoms with van der Waals surface area (Å²) < 4.78 is 0. The van der Waals surface area contributed by atoms with Crippen LogP contribution >= 0.6 is 24.8 Å². The molecule has 3 rings (SSSR count). The van der Waals surface area contributed by atoms with Gasteiger partial charge in [-0.25, -0.2) is 0 Å². The molecule has 144 valence electrons. The number of halogens is 2. The fourth-order valence-electron chi connectivity index (χ4n) is 3.78. The van der Waals surface area contributed by atoms with Crippen molar-refractivity contribution in [3.8, 4) is 0 Å². The Bertz CT molecular complexity index is 595. The fourth-order valence-corrected chi connectivity index (χ4v) is 3.78. The lowest BCUT2D eigenvalue weighted by molar-refractivity contribution is 0.187. The van der Waals surface area contributed by atoms with Crippen LogP contribution in [0.5, 0.6) is 0 Å². The van der Waals surface area contributed by atoms with Gasteiger partial charge in [0.05, 0.1) is 0 Å². The van der Waals surface area contributed by atoms with Gasteiger partial charge in [0, 0.05) is 38.1 Å². The Morgan fingerprint density at radius 3 is 2.46 bits per heavy atom. The van der Waals surface area contributed by atoms with Crippen molar-refractivity contribution in [3.05, 3.63) is 66.0 Å². The van der Waals surface area contributed by atoms with Crippen LogP contribution in [-0.2, 0) is 13.0 Å². The van der Waals surface area contributed by atoms with E-state index in [1.807, 2.05) is 18.5 Å². The molecule has 3 nitrogen and oxygen atoms in total. The number of hydrogen-bond acceptors (Lipinski definition) is 3. The Morgan fingerprint density at radius 2 is 1.77 bits per heavy atom. The molecule has 0 aliphatic heterocycles. The maximum Gasteiger partial charge on any atom is 0.0312 e. The summed E-state index contributed by atoms with van der Waals surface area (Å²) in [5.74, 6) is 0.737. The molecule has 0 radical (unpaired) electrons. The van der Waals surface area contributed by atoms with Crippen LogP contribution in [-0.4, -0.2) is 29.0 Å². The SMILES string of the molecule is Cl.Cl.N[C@H]1CCC[C@@H](CN(CCc2ccccc2)Cc2cccnc2)C1. The van der Waals surface area contributed by atoms with Crippen molar-refractivity contribution in [2.45, 2.75) is 44.7 Å². The van der Waals surface area contributed by atoms with E-state index in [0.717, 1.165) is 32.0 Å². The Balaban J connectivity index is 0.00000169.